The summed E-state index contributed by atoms with van der Waals surface area (Å²) in [7, 11) is 2.14. The number of nitrogens with one attached hydrogen (secondary N) is 2. The molecular weight excluding hydrogens is 278 g/mol. The van der Waals surface area contributed by atoms with Crippen molar-refractivity contribution in [1.29, 1.82) is 0 Å². The maximum Gasteiger partial charge on any atom is 0.251 e. The van der Waals surface area contributed by atoms with Crippen LogP contribution in [-0.4, -0.2) is 54.2 Å². The molecule has 2 heterocycles. The highest BCUT2D eigenvalue weighted by atomic mass is 16.1. The largest absolute Gasteiger partial charge is 0.369 e. The number of anilines is 1. The van der Waals surface area contributed by atoms with Crippen molar-refractivity contribution in [2.24, 2.45) is 0 Å². The second-order valence-corrected chi connectivity index (χ2v) is 5.60. The van der Waals surface area contributed by atoms with Crippen molar-refractivity contribution in [3.05, 3.63) is 47.8 Å². The van der Waals surface area contributed by atoms with E-state index in [0.717, 1.165) is 31.9 Å². The molecule has 1 amide bonds. The monoisotopic (exact) mass is 299 g/mol. The van der Waals surface area contributed by atoms with Gasteiger partial charge >= 0.3 is 0 Å². The summed E-state index contributed by atoms with van der Waals surface area (Å²) in [5.41, 5.74) is 2.75. The van der Waals surface area contributed by atoms with Crippen LogP contribution in [-0.2, 0) is 6.54 Å². The Labute approximate surface area is 130 Å². The van der Waals surface area contributed by atoms with Crippen LogP contribution in [0.1, 0.15) is 16.1 Å². The van der Waals surface area contributed by atoms with Crippen LogP contribution >= 0.6 is 0 Å². The zero-order valence-corrected chi connectivity index (χ0v) is 12.7. The fourth-order valence-electron chi connectivity index (χ4n) is 2.55. The van der Waals surface area contributed by atoms with E-state index in [-0.39, 0.29) is 5.91 Å². The summed E-state index contributed by atoms with van der Waals surface area (Å²) in [6.07, 6.45) is 1.67. The van der Waals surface area contributed by atoms with Crippen molar-refractivity contribution in [1.82, 2.24) is 20.4 Å². The van der Waals surface area contributed by atoms with E-state index in [4.69, 9.17) is 0 Å². The zero-order chi connectivity index (χ0) is 15.4. The zero-order valence-electron chi connectivity index (χ0n) is 12.7. The van der Waals surface area contributed by atoms with Gasteiger partial charge in [0.1, 0.15) is 0 Å². The van der Waals surface area contributed by atoms with Gasteiger partial charge in [-0.3, -0.25) is 9.89 Å². The Bertz CT molecular complexity index is 600. The molecule has 0 aliphatic carbocycles. The number of piperazine rings is 1. The van der Waals surface area contributed by atoms with Crippen LogP contribution in [0.3, 0.4) is 0 Å². The normalized spacial score (nSPS) is 15.8. The third-order valence-electron chi connectivity index (χ3n) is 4.00. The molecule has 116 valence electrons. The lowest BCUT2D eigenvalue weighted by molar-refractivity contribution is 0.0950. The lowest BCUT2D eigenvalue weighted by atomic mass is 10.1. The first-order valence-corrected chi connectivity index (χ1v) is 7.52. The van der Waals surface area contributed by atoms with Gasteiger partial charge in [0.25, 0.3) is 5.91 Å². The number of carbonyl (C=O) groups is 1. The van der Waals surface area contributed by atoms with Gasteiger partial charge in [0, 0.05) is 43.6 Å². The third kappa shape index (κ3) is 3.46. The highest BCUT2D eigenvalue weighted by Crippen LogP contribution is 2.17. The molecule has 0 radical (unpaired) electrons. The van der Waals surface area contributed by atoms with Gasteiger partial charge in [0.15, 0.2) is 0 Å². The fraction of sp³-hybridized carbons (Fsp3) is 0.375. The van der Waals surface area contributed by atoms with Crippen LogP contribution in [0.25, 0.3) is 0 Å². The number of aromatic amines is 1. The van der Waals surface area contributed by atoms with Gasteiger partial charge in [-0.1, -0.05) is 0 Å². The Morgan fingerprint density at radius 3 is 2.55 bits per heavy atom. The number of hydrogen-bond donors (Lipinski definition) is 2. The summed E-state index contributed by atoms with van der Waals surface area (Å²) in [5.74, 6) is -0.0699. The molecule has 1 aliphatic heterocycles. The quantitative estimate of drug-likeness (QED) is 0.887. The maximum absolute atomic E-state index is 12.1. The average Bonchev–Trinajstić information content (AvgIpc) is 3.07. The molecule has 1 fully saturated rings. The number of amides is 1. The number of nitrogens with zero attached hydrogens (tertiary/aromatic N) is 3. The molecule has 1 aromatic heterocycles. The highest BCUT2D eigenvalue weighted by Gasteiger charge is 2.14. The van der Waals surface area contributed by atoms with Crippen molar-refractivity contribution in [2.45, 2.75) is 6.54 Å². The molecule has 1 aromatic carbocycles. The standard InChI is InChI=1S/C16H21N5O/c1-20-8-10-21(11-9-20)15-4-2-13(3-5-15)16(22)17-12-14-6-7-18-19-14/h2-7H,8-12H2,1H3,(H,17,22)(H,18,19). The van der Waals surface area contributed by atoms with Gasteiger partial charge in [0.05, 0.1) is 12.2 Å². The minimum Gasteiger partial charge on any atom is -0.369 e. The first-order valence-electron chi connectivity index (χ1n) is 7.52. The van der Waals surface area contributed by atoms with E-state index in [1.54, 1.807) is 6.20 Å². The first-order chi connectivity index (χ1) is 10.7. The Morgan fingerprint density at radius 2 is 1.91 bits per heavy atom. The molecular formula is C16H21N5O. The van der Waals surface area contributed by atoms with E-state index in [9.17, 15) is 4.79 Å². The number of likely N-dealkylation sites (N-methyl/N-ethyl adjacent to an activating group) is 1. The summed E-state index contributed by atoms with van der Waals surface area (Å²) in [6.45, 7) is 4.67. The third-order valence-corrected chi connectivity index (χ3v) is 4.00. The molecule has 1 aliphatic rings. The minimum atomic E-state index is -0.0699. The number of carbonyl (C=O) groups excluding carboxylic acids is 1. The fourth-order valence-corrected chi connectivity index (χ4v) is 2.55. The van der Waals surface area contributed by atoms with Crippen LogP contribution in [0.15, 0.2) is 36.5 Å². The van der Waals surface area contributed by atoms with E-state index >= 15 is 0 Å². The van der Waals surface area contributed by atoms with Crippen molar-refractivity contribution < 1.29 is 4.79 Å². The predicted octanol–water partition coefficient (Wildman–Crippen LogP) is 1.09. The molecule has 0 unspecified atom stereocenters. The van der Waals surface area contributed by atoms with Crippen molar-refractivity contribution in [3.8, 4) is 0 Å². The van der Waals surface area contributed by atoms with Crippen LogP contribution in [0, 0.1) is 0 Å². The van der Waals surface area contributed by atoms with Gasteiger partial charge < -0.3 is 15.1 Å². The van der Waals surface area contributed by atoms with Gasteiger partial charge in [0.2, 0.25) is 0 Å². The van der Waals surface area contributed by atoms with Crippen molar-refractivity contribution in [3.63, 3.8) is 0 Å². The van der Waals surface area contributed by atoms with Gasteiger partial charge in [-0.2, -0.15) is 5.10 Å². The van der Waals surface area contributed by atoms with Gasteiger partial charge in [-0.05, 0) is 37.4 Å². The molecule has 6 heteroatoms. The summed E-state index contributed by atoms with van der Waals surface area (Å²) in [4.78, 5) is 16.8. The second-order valence-electron chi connectivity index (χ2n) is 5.60. The Balaban J connectivity index is 1.57. The predicted molar refractivity (Wildman–Crippen MR) is 85.9 cm³/mol. The van der Waals surface area contributed by atoms with E-state index < -0.39 is 0 Å². The number of benzene rings is 1. The number of rotatable bonds is 4. The Morgan fingerprint density at radius 1 is 1.18 bits per heavy atom. The van der Waals surface area contributed by atoms with E-state index in [2.05, 4.69) is 32.4 Å². The molecule has 22 heavy (non-hydrogen) atoms. The molecule has 0 spiro atoms. The van der Waals surface area contributed by atoms with Crippen LogP contribution in [0.5, 0.6) is 0 Å². The van der Waals surface area contributed by atoms with Gasteiger partial charge in [-0.15, -0.1) is 0 Å². The Hall–Kier alpha value is -2.34. The summed E-state index contributed by atoms with van der Waals surface area (Å²) < 4.78 is 0. The molecule has 0 atom stereocenters. The molecule has 0 bridgehead atoms. The number of H-pyrrole nitrogens is 1. The number of hydrogen-bond acceptors (Lipinski definition) is 4. The minimum absolute atomic E-state index is 0.0699. The molecule has 2 aromatic rings. The molecule has 2 N–H and O–H groups in total. The summed E-state index contributed by atoms with van der Waals surface area (Å²) in [5, 5.41) is 9.56. The van der Waals surface area contributed by atoms with E-state index in [1.165, 1.54) is 5.69 Å². The van der Waals surface area contributed by atoms with Gasteiger partial charge in [-0.25, -0.2) is 0 Å². The lowest BCUT2D eigenvalue weighted by Crippen LogP contribution is -2.44. The van der Waals surface area contributed by atoms with E-state index in [0.29, 0.717) is 12.1 Å². The molecule has 0 saturated carbocycles. The molecule has 1 saturated heterocycles. The van der Waals surface area contributed by atoms with Crippen LogP contribution < -0.4 is 10.2 Å². The SMILES string of the molecule is CN1CCN(c2ccc(C(=O)NCc3ccn[nH]3)cc2)CC1. The molecule has 3 rings (SSSR count). The summed E-state index contributed by atoms with van der Waals surface area (Å²) >= 11 is 0. The topological polar surface area (TPSA) is 64.3 Å². The first kappa shape index (κ1) is 14.6. The lowest BCUT2D eigenvalue weighted by Gasteiger charge is -2.34. The average molecular weight is 299 g/mol. The van der Waals surface area contributed by atoms with Crippen LogP contribution in [0.4, 0.5) is 5.69 Å². The molecule has 6 nitrogen and oxygen atoms in total. The van der Waals surface area contributed by atoms with E-state index in [1.807, 2.05) is 30.3 Å². The second kappa shape index (κ2) is 6.62. The smallest absolute Gasteiger partial charge is 0.251 e. The Kier molecular flexibility index (Phi) is 4.39. The number of aromatic nitrogens is 2. The summed E-state index contributed by atoms with van der Waals surface area (Å²) in [6, 6.07) is 9.66. The van der Waals surface area contributed by atoms with Crippen molar-refractivity contribution in [2.75, 3.05) is 38.1 Å². The van der Waals surface area contributed by atoms with Crippen molar-refractivity contribution >= 4 is 11.6 Å². The maximum atomic E-state index is 12.1. The van der Waals surface area contributed by atoms with Crippen LogP contribution in [0.2, 0.25) is 0 Å². The highest BCUT2D eigenvalue weighted by molar-refractivity contribution is 5.94.